The van der Waals surface area contributed by atoms with Crippen molar-refractivity contribution < 1.29 is 14.6 Å². The van der Waals surface area contributed by atoms with Gasteiger partial charge in [-0.25, -0.2) is 0 Å². The molecule has 0 amide bonds. The van der Waals surface area contributed by atoms with Crippen LogP contribution in [0.15, 0.2) is 18.2 Å². The molecule has 0 spiro atoms. The maximum Gasteiger partial charge on any atom is 0.119 e. The number of aliphatic hydroxyl groups is 1. The van der Waals surface area contributed by atoms with Crippen LogP contribution in [0.2, 0.25) is 0 Å². The summed E-state index contributed by atoms with van der Waals surface area (Å²) >= 11 is 0. The molecule has 1 saturated heterocycles. The molecule has 1 aliphatic rings. The zero-order chi connectivity index (χ0) is 15.4. The van der Waals surface area contributed by atoms with Gasteiger partial charge in [0.25, 0.3) is 0 Å². The lowest BCUT2D eigenvalue weighted by atomic mass is 10.1. The molecule has 0 aliphatic carbocycles. The minimum atomic E-state index is -0.482. The fourth-order valence-corrected chi connectivity index (χ4v) is 2.78. The number of hydrogen-bond donors (Lipinski definition) is 1. The van der Waals surface area contributed by atoms with Crippen LogP contribution in [0.5, 0.6) is 5.75 Å². The minimum Gasteiger partial charge on any atom is -0.491 e. The van der Waals surface area contributed by atoms with Gasteiger partial charge in [-0.1, -0.05) is 6.07 Å². The van der Waals surface area contributed by atoms with Crippen LogP contribution in [0.1, 0.15) is 25.0 Å². The van der Waals surface area contributed by atoms with E-state index < -0.39 is 6.10 Å². The van der Waals surface area contributed by atoms with Gasteiger partial charge in [-0.05, 0) is 51.0 Å². The number of ether oxygens (including phenoxy) is 2. The number of rotatable bonds is 5. The quantitative estimate of drug-likeness (QED) is 0.903. The lowest BCUT2D eigenvalue weighted by Gasteiger charge is -2.36. The summed E-state index contributed by atoms with van der Waals surface area (Å²) in [6, 6.07) is 6.01. The molecule has 21 heavy (non-hydrogen) atoms. The molecular formula is C17H27NO3. The van der Waals surface area contributed by atoms with E-state index in [1.807, 2.05) is 18.2 Å². The van der Waals surface area contributed by atoms with Crippen LogP contribution < -0.4 is 4.74 Å². The van der Waals surface area contributed by atoms with E-state index in [-0.39, 0.29) is 12.2 Å². The number of benzene rings is 1. The first-order valence-corrected chi connectivity index (χ1v) is 7.70. The van der Waals surface area contributed by atoms with Crippen molar-refractivity contribution in [3.05, 3.63) is 29.3 Å². The van der Waals surface area contributed by atoms with E-state index in [9.17, 15) is 5.11 Å². The average molecular weight is 293 g/mol. The van der Waals surface area contributed by atoms with Gasteiger partial charge in [0, 0.05) is 19.6 Å². The second-order valence-electron chi connectivity index (χ2n) is 6.19. The van der Waals surface area contributed by atoms with E-state index in [1.54, 1.807) is 0 Å². The maximum absolute atomic E-state index is 10.2. The van der Waals surface area contributed by atoms with Gasteiger partial charge in [-0.2, -0.15) is 0 Å². The van der Waals surface area contributed by atoms with Gasteiger partial charge in [-0.15, -0.1) is 0 Å². The number of hydrogen-bond acceptors (Lipinski definition) is 4. The van der Waals surface area contributed by atoms with Gasteiger partial charge < -0.3 is 14.6 Å². The molecule has 1 fully saturated rings. The van der Waals surface area contributed by atoms with E-state index in [2.05, 4.69) is 32.6 Å². The lowest BCUT2D eigenvalue weighted by Crippen LogP contribution is -2.48. The maximum atomic E-state index is 10.2. The molecule has 0 unspecified atom stereocenters. The smallest absolute Gasteiger partial charge is 0.119 e. The van der Waals surface area contributed by atoms with Crippen LogP contribution in [0, 0.1) is 13.8 Å². The van der Waals surface area contributed by atoms with Gasteiger partial charge in [0.2, 0.25) is 0 Å². The number of nitrogens with zero attached hydrogens (tertiary/aromatic N) is 1. The molecule has 1 N–H and O–H groups in total. The van der Waals surface area contributed by atoms with Crippen molar-refractivity contribution in [1.82, 2.24) is 4.90 Å². The Morgan fingerprint density at radius 1 is 1.24 bits per heavy atom. The second-order valence-corrected chi connectivity index (χ2v) is 6.19. The molecule has 0 saturated carbocycles. The number of β-amino-alcohol motifs (C(OH)–C–C–N with tert-alkyl or cyclic N) is 1. The number of aliphatic hydroxyl groups excluding tert-OH is 1. The number of morpholine rings is 1. The Balaban J connectivity index is 1.79. The highest BCUT2D eigenvalue weighted by molar-refractivity contribution is 5.33. The van der Waals surface area contributed by atoms with Crippen molar-refractivity contribution in [3.8, 4) is 5.75 Å². The fraction of sp³-hybridized carbons (Fsp3) is 0.647. The summed E-state index contributed by atoms with van der Waals surface area (Å²) in [5.74, 6) is 0.820. The highest BCUT2D eigenvalue weighted by Gasteiger charge is 2.23. The summed E-state index contributed by atoms with van der Waals surface area (Å²) < 4.78 is 11.4. The van der Waals surface area contributed by atoms with Crippen LogP contribution in [0.3, 0.4) is 0 Å². The summed E-state index contributed by atoms with van der Waals surface area (Å²) in [5, 5.41) is 10.2. The predicted molar refractivity (Wildman–Crippen MR) is 83.9 cm³/mol. The molecule has 1 aromatic carbocycles. The zero-order valence-corrected chi connectivity index (χ0v) is 13.5. The monoisotopic (exact) mass is 293 g/mol. The topological polar surface area (TPSA) is 41.9 Å². The molecular weight excluding hydrogens is 266 g/mol. The molecule has 1 aliphatic heterocycles. The van der Waals surface area contributed by atoms with Gasteiger partial charge in [0.1, 0.15) is 18.5 Å². The summed E-state index contributed by atoms with van der Waals surface area (Å²) in [6.45, 7) is 11.0. The van der Waals surface area contributed by atoms with Crippen molar-refractivity contribution >= 4 is 0 Å². The van der Waals surface area contributed by atoms with Gasteiger partial charge >= 0.3 is 0 Å². The van der Waals surface area contributed by atoms with E-state index >= 15 is 0 Å². The molecule has 118 valence electrons. The molecule has 2 rings (SSSR count). The number of aryl methyl sites for hydroxylation is 2. The van der Waals surface area contributed by atoms with E-state index in [4.69, 9.17) is 9.47 Å². The van der Waals surface area contributed by atoms with Gasteiger partial charge in [-0.3, -0.25) is 4.90 Å². The van der Waals surface area contributed by atoms with Crippen LogP contribution in [-0.2, 0) is 4.74 Å². The summed E-state index contributed by atoms with van der Waals surface area (Å²) in [4.78, 5) is 2.24. The highest BCUT2D eigenvalue weighted by Crippen LogP contribution is 2.17. The molecule has 0 bridgehead atoms. The van der Waals surface area contributed by atoms with Crippen molar-refractivity contribution in [2.24, 2.45) is 0 Å². The Morgan fingerprint density at radius 2 is 1.90 bits per heavy atom. The Morgan fingerprint density at radius 3 is 2.52 bits per heavy atom. The van der Waals surface area contributed by atoms with Crippen LogP contribution in [-0.4, -0.2) is 54.6 Å². The molecule has 4 heteroatoms. The third kappa shape index (κ3) is 4.99. The van der Waals surface area contributed by atoms with E-state index in [0.29, 0.717) is 13.2 Å². The third-order valence-corrected chi connectivity index (χ3v) is 3.88. The van der Waals surface area contributed by atoms with Crippen molar-refractivity contribution in [2.75, 3.05) is 26.2 Å². The second kappa shape index (κ2) is 7.25. The Bertz CT molecular complexity index is 453. The third-order valence-electron chi connectivity index (χ3n) is 3.88. The Hall–Kier alpha value is -1.10. The highest BCUT2D eigenvalue weighted by atomic mass is 16.5. The van der Waals surface area contributed by atoms with Crippen molar-refractivity contribution in [1.29, 1.82) is 0 Å². The fourth-order valence-electron chi connectivity index (χ4n) is 2.78. The normalized spacial score (nSPS) is 24.8. The lowest BCUT2D eigenvalue weighted by molar-refractivity contribution is -0.0786. The molecule has 3 atom stereocenters. The SMILES string of the molecule is Cc1ccc(OC[C@@H](O)CN2C[C@@H](C)O[C@H](C)C2)cc1C. The molecule has 0 radical (unpaired) electrons. The van der Waals surface area contributed by atoms with Crippen LogP contribution in [0.25, 0.3) is 0 Å². The first-order valence-electron chi connectivity index (χ1n) is 7.70. The predicted octanol–water partition coefficient (Wildman–Crippen LogP) is 2.15. The molecule has 0 aromatic heterocycles. The first kappa shape index (κ1) is 16.3. The summed E-state index contributed by atoms with van der Waals surface area (Å²) in [5.41, 5.74) is 2.46. The Labute approximate surface area is 127 Å². The summed E-state index contributed by atoms with van der Waals surface area (Å²) in [7, 11) is 0. The largest absolute Gasteiger partial charge is 0.491 e. The molecule has 1 heterocycles. The minimum absolute atomic E-state index is 0.224. The zero-order valence-electron chi connectivity index (χ0n) is 13.5. The average Bonchev–Trinajstić information content (AvgIpc) is 2.39. The van der Waals surface area contributed by atoms with Gasteiger partial charge in [0.05, 0.1) is 12.2 Å². The molecule has 1 aromatic rings. The molecule has 4 nitrogen and oxygen atoms in total. The first-order chi connectivity index (χ1) is 9.94. The van der Waals surface area contributed by atoms with Crippen molar-refractivity contribution in [3.63, 3.8) is 0 Å². The summed E-state index contributed by atoms with van der Waals surface area (Å²) in [6.07, 6.45) is -0.0349. The standard InChI is InChI=1S/C17H27NO3/c1-12-5-6-17(7-13(12)2)20-11-16(19)10-18-8-14(3)21-15(4)9-18/h5-7,14-16,19H,8-11H2,1-4H3/t14-,15-,16+/m1/s1. The van der Waals surface area contributed by atoms with Crippen LogP contribution in [0.4, 0.5) is 0 Å². The Kier molecular flexibility index (Phi) is 5.62. The van der Waals surface area contributed by atoms with Crippen molar-refractivity contribution in [2.45, 2.75) is 46.0 Å². The van der Waals surface area contributed by atoms with Crippen LogP contribution >= 0.6 is 0 Å². The van der Waals surface area contributed by atoms with Gasteiger partial charge in [0.15, 0.2) is 0 Å². The van der Waals surface area contributed by atoms with E-state index in [1.165, 1.54) is 11.1 Å². The van der Waals surface area contributed by atoms with E-state index in [0.717, 1.165) is 18.8 Å².